The number of aryl methyl sites for hydroxylation is 1. The molecule has 90 valence electrons. The molecule has 0 bridgehead atoms. The zero-order valence-corrected chi connectivity index (χ0v) is 10.4. The van der Waals surface area contributed by atoms with E-state index in [0.717, 1.165) is 23.5 Å². The van der Waals surface area contributed by atoms with Gasteiger partial charge in [0.25, 0.3) is 0 Å². The highest BCUT2D eigenvalue weighted by Crippen LogP contribution is 2.30. The van der Waals surface area contributed by atoms with Gasteiger partial charge in [-0.05, 0) is 49.9 Å². The molecule has 3 rings (SSSR count). The molecule has 17 heavy (non-hydrogen) atoms. The lowest BCUT2D eigenvalue weighted by Crippen LogP contribution is -2.32. The number of nitrogens with one attached hydrogen (secondary N) is 1. The number of hydrogen-bond donors (Lipinski definition) is 1. The fourth-order valence-electron chi connectivity index (χ4n) is 2.57. The summed E-state index contributed by atoms with van der Waals surface area (Å²) in [5, 5.41) is 3.50. The molecule has 0 saturated carbocycles. The molecule has 2 aromatic rings. The highest BCUT2D eigenvalue weighted by molar-refractivity contribution is 5.73. The van der Waals surface area contributed by atoms with Gasteiger partial charge in [0.15, 0.2) is 5.58 Å². The Balaban J connectivity index is 1.99. The van der Waals surface area contributed by atoms with E-state index < -0.39 is 0 Å². The minimum absolute atomic E-state index is 0.274. The maximum absolute atomic E-state index is 5.86. The van der Waals surface area contributed by atoms with Crippen LogP contribution in [0, 0.1) is 12.8 Å². The Labute approximate surface area is 101 Å². The quantitative estimate of drug-likeness (QED) is 0.817. The molecule has 0 spiro atoms. The van der Waals surface area contributed by atoms with E-state index in [0.29, 0.717) is 5.92 Å². The molecule has 2 atom stereocenters. The fourth-order valence-corrected chi connectivity index (χ4v) is 2.57. The van der Waals surface area contributed by atoms with Crippen molar-refractivity contribution < 1.29 is 4.42 Å². The molecule has 1 aromatic carbocycles. The van der Waals surface area contributed by atoms with E-state index in [-0.39, 0.29) is 6.04 Å². The molecule has 1 aliphatic heterocycles. The van der Waals surface area contributed by atoms with Gasteiger partial charge in [-0.25, -0.2) is 4.98 Å². The van der Waals surface area contributed by atoms with Crippen molar-refractivity contribution in [1.29, 1.82) is 0 Å². The number of benzene rings is 1. The van der Waals surface area contributed by atoms with Crippen LogP contribution in [0.1, 0.15) is 37.3 Å². The summed E-state index contributed by atoms with van der Waals surface area (Å²) < 4.78 is 5.86. The fraction of sp³-hybridized carbons (Fsp3) is 0.500. The van der Waals surface area contributed by atoms with Crippen molar-refractivity contribution in [3.63, 3.8) is 0 Å². The number of piperidine rings is 1. The van der Waals surface area contributed by atoms with Crippen molar-refractivity contribution in [3.8, 4) is 0 Å². The van der Waals surface area contributed by atoms with Gasteiger partial charge in [0, 0.05) is 0 Å². The Kier molecular flexibility index (Phi) is 2.63. The van der Waals surface area contributed by atoms with Gasteiger partial charge >= 0.3 is 0 Å². The molecular formula is C14H18N2O. The second kappa shape index (κ2) is 4.15. The second-order valence-electron chi connectivity index (χ2n) is 5.07. The Morgan fingerprint density at radius 2 is 2.29 bits per heavy atom. The Morgan fingerprint density at radius 1 is 1.41 bits per heavy atom. The van der Waals surface area contributed by atoms with Crippen molar-refractivity contribution >= 4 is 11.1 Å². The Hall–Kier alpha value is -1.35. The maximum atomic E-state index is 5.86. The van der Waals surface area contributed by atoms with Gasteiger partial charge in [-0.15, -0.1) is 0 Å². The van der Waals surface area contributed by atoms with E-state index in [1.807, 2.05) is 6.07 Å². The number of rotatable bonds is 1. The van der Waals surface area contributed by atoms with Crippen LogP contribution in [-0.4, -0.2) is 11.5 Å². The molecule has 0 amide bonds. The lowest BCUT2D eigenvalue weighted by molar-refractivity contribution is 0.264. The summed E-state index contributed by atoms with van der Waals surface area (Å²) in [6, 6.07) is 6.43. The average Bonchev–Trinajstić information content (AvgIpc) is 2.72. The van der Waals surface area contributed by atoms with Crippen LogP contribution in [0.5, 0.6) is 0 Å². The van der Waals surface area contributed by atoms with Gasteiger partial charge in [0.2, 0.25) is 5.89 Å². The van der Waals surface area contributed by atoms with Crippen LogP contribution in [0.25, 0.3) is 11.1 Å². The van der Waals surface area contributed by atoms with E-state index in [9.17, 15) is 0 Å². The summed E-state index contributed by atoms with van der Waals surface area (Å²) in [5.41, 5.74) is 3.09. The van der Waals surface area contributed by atoms with Crippen molar-refractivity contribution in [2.75, 3.05) is 6.54 Å². The monoisotopic (exact) mass is 230 g/mol. The van der Waals surface area contributed by atoms with Gasteiger partial charge in [-0.3, -0.25) is 0 Å². The number of aromatic nitrogens is 1. The molecule has 2 unspecified atom stereocenters. The normalized spacial score (nSPS) is 25.3. The van der Waals surface area contributed by atoms with Crippen LogP contribution in [0.4, 0.5) is 0 Å². The minimum atomic E-state index is 0.274. The number of hydrogen-bond acceptors (Lipinski definition) is 3. The van der Waals surface area contributed by atoms with Gasteiger partial charge in [0.1, 0.15) is 5.52 Å². The van der Waals surface area contributed by atoms with Crippen LogP contribution in [-0.2, 0) is 0 Å². The minimum Gasteiger partial charge on any atom is -0.439 e. The van der Waals surface area contributed by atoms with Crippen LogP contribution in [0.15, 0.2) is 22.6 Å². The van der Waals surface area contributed by atoms with Crippen LogP contribution in [0.3, 0.4) is 0 Å². The third kappa shape index (κ3) is 1.95. The first-order chi connectivity index (χ1) is 8.24. The molecule has 0 radical (unpaired) electrons. The summed E-state index contributed by atoms with van der Waals surface area (Å²) in [6.07, 6.45) is 2.49. The molecule has 1 saturated heterocycles. The summed E-state index contributed by atoms with van der Waals surface area (Å²) in [6.45, 7) is 5.40. The largest absolute Gasteiger partial charge is 0.439 e. The molecule has 1 aromatic heterocycles. The molecule has 1 N–H and O–H groups in total. The number of nitrogens with zero attached hydrogens (tertiary/aromatic N) is 1. The molecule has 3 heteroatoms. The van der Waals surface area contributed by atoms with Gasteiger partial charge in [0.05, 0.1) is 6.04 Å². The van der Waals surface area contributed by atoms with E-state index in [1.165, 1.54) is 18.4 Å². The van der Waals surface area contributed by atoms with Gasteiger partial charge < -0.3 is 9.73 Å². The van der Waals surface area contributed by atoms with E-state index in [4.69, 9.17) is 4.42 Å². The summed E-state index contributed by atoms with van der Waals surface area (Å²) >= 11 is 0. The third-order valence-corrected chi connectivity index (χ3v) is 3.60. The van der Waals surface area contributed by atoms with E-state index in [1.54, 1.807) is 0 Å². The summed E-state index contributed by atoms with van der Waals surface area (Å²) in [5.74, 6) is 1.44. The average molecular weight is 230 g/mol. The Morgan fingerprint density at radius 3 is 3.12 bits per heavy atom. The molecular weight excluding hydrogens is 212 g/mol. The Bertz CT molecular complexity index is 532. The summed E-state index contributed by atoms with van der Waals surface area (Å²) in [4.78, 5) is 4.62. The predicted octanol–water partition coefficient (Wildman–Crippen LogP) is 3.20. The van der Waals surface area contributed by atoms with Crippen molar-refractivity contribution in [2.45, 2.75) is 32.7 Å². The highest BCUT2D eigenvalue weighted by Gasteiger charge is 2.26. The molecule has 1 aliphatic rings. The van der Waals surface area contributed by atoms with Crippen molar-refractivity contribution in [2.24, 2.45) is 5.92 Å². The van der Waals surface area contributed by atoms with E-state index >= 15 is 0 Å². The maximum Gasteiger partial charge on any atom is 0.212 e. The summed E-state index contributed by atoms with van der Waals surface area (Å²) in [7, 11) is 0. The zero-order valence-electron chi connectivity index (χ0n) is 10.4. The van der Waals surface area contributed by atoms with Gasteiger partial charge in [-0.1, -0.05) is 13.0 Å². The van der Waals surface area contributed by atoms with Crippen molar-refractivity contribution in [3.05, 3.63) is 29.7 Å². The van der Waals surface area contributed by atoms with Gasteiger partial charge in [-0.2, -0.15) is 0 Å². The topological polar surface area (TPSA) is 38.1 Å². The third-order valence-electron chi connectivity index (χ3n) is 3.60. The first-order valence-corrected chi connectivity index (χ1v) is 6.34. The molecule has 2 heterocycles. The SMILES string of the molecule is Cc1ccc2oc(C3NCCCC3C)nc2c1. The first-order valence-electron chi connectivity index (χ1n) is 6.34. The van der Waals surface area contributed by atoms with Crippen molar-refractivity contribution in [1.82, 2.24) is 10.3 Å². The smallest absolute Gasteiger partial charge is 0.212 e. The molecule has 1 fully saturated rings. The lowest BCUT2D eigenvalue weighted by Gasteiger charge is -2.27. The van der Waals surface area contributed by atoms with Crippen LogP contribution >= 0.6 is 0 Å². The molecule has 3 nitrogen and oxygen atoms in total. The predicted molar refractivity (Wildman–Crippen MR) is 67.9 cm³/mol. The highest BCUT2D eigenvalue weighted by atomic mass is 16.3. The van der Waals surface area contributed by atoms with Crippen LogP contribution in [0.2, 0.25) is 0 Å². The molecule has 0 aliphatic carbocycles. The van der Waals surface area contributed by atoms with E-state index in [2.05, 4.69) is 36.3 Å². The standard InChI is InChI=1S/C14H18N2O/c1-9-5-6-12-11(8-9)16-14(17-12)13-10(2)4-3-7-15-13/h5-6,8,10,13,15H,3-4,7H2,1-2H3. The second-order valence-corrected chi connectivity index (χ2v) is 5.07. The zero-order chi connectivity index (χ0) is 11.8. The van der Waals surface area contributed by atoms with Crippen LogP contribution < -0.4 is 5.32 Å². The lowest BCUT2D eigenvalue weighted by atomic mass is 9.93. The first kappa shape index (κ1) is 10.8. The number of fused-ring (bicyclic) bond motifs is 1. The number of oxazole rings is 1.